The van der Waals surface area contributed by atoms with Crippen LogP contribution in [0.15, 0.2) is 23.1 Å². The van der Waals surface area contributed by atoms with Crippen molar-refractivity contribution in [1.29, 1.82) is 0 Å². The molecule has 0 radical (unpaired) electrons. The van der Waals surface area contributed by atoms with Gasteiger partial charge in [0.25, 0.3) is 0 Å². The quantitative estimate of drug-likeness (QED) is 0.659. The number of urea groups is 1. The van der Waals surface area contributed by atoms with Crippen molar-refractivity contribution in [2.45, 2.75) is 49.8 Å². The van der Waals surface area contributed by atoms with E-state index in [2.05, 4.69) is 24.5 Å². The minimum Gasteiger partial charge on any atom is -0.396 e. The second kappa shape index (κ2) is 9.18. The predicted molar refractivity (Wildman–Crippen MR) is 90.4 cm³/mol. The summed E-state index contributed by atoms with van der Waals surface area (Å²) >= 11 is 7.68. The van der Waals surface area contributed by atoms with Crippen LogP contribution >= 0.6 is 23.4 Å². The first-order chi connectivity index (χ1) is 9.92. The summed E-state index contributed by atoms with van der Waals surface area (Å²) in [5.74, 6) is 0. The van der Waals surface area contributed by atoms with Gasteiger partial charge in [-0.05, 0) is 38.0 Å². The average molecular weight is 331 g/mol. The van der Waals surface area contributed by atoms with Gasteiger partial charge in [0.05, 0.1) is 5.69 Å². The van der Waals surface area contributed by atoms with Crippen LogP contribution in [0.5, 0.6) is 0 Å². The number of carbonyl (C=O) groups excluding carboxylic acids is 1. The zero-order valence-corrected chi connectivity index (χ0v) is 14.2. The summed E-state index contributed by atoms with van der Waals surface area (Å²) in [5.41, 5.74) is 0.716. The van der Waals surface area contributed by atoms with Crippen molar-refractivity contribution in [3.8, 4) is 0 Å². The van der Waals surface area contributed by atoms with Gasteiger partial charge in [-0.3, -0.25) is 0 Å². The number of anilines is 1. The summed E-state index contributed by atoms with van der Waals surface area (Å²) in [4.78, 5) is 13.0. The maximum absolute atomic E-state index is 12.0. The van der Waals surface area contributed by atoms with E-state index in [1.54, 1.807) is 17.8 Å². The Morgan fingerprint density at radius 3 is 2.71 bits per heavy atom. The molecule has 1 aromatic carbocycles. The van der Waals surface area contributed by atoms with Gasteiger partial charge in [0.1, 0.15) is 0 Å². The van der Waals surface area contributed by atoms with Gasteiger partial charge >= 0.3 is 6.03 Å². The van der Waals surface area contributed by atoms with Crippen molar-refractivity contribution >= 4 is 35.1 Å². The zero-order valence-electron chi connectivity index (χ0n) is 12.6. The molecule has 1 unspecified atom stereocenters. The van der Waals surface area contributed by atoms with Gasteiger partial charge in [-0.25, -0.2) is 4.79 Å². The number of hydrogen-bond acceptors (Lipinski definition) is 3. The molecule has 0 heterocycles. The molecule has 0 aromatic heterocycles. The van der Waals surface area contributed by atoms with Crippen molar-refractivity contribution in [3.63, 3.8) is 0 Å². The molecule has 0 fully saturated rings. The highest BCUT2D eigenvalue weighted by molar-refractivity contribution is 8.00. The normalized spacial score (nSPS) is 12.3. The Morgan fingerprint density at radius 1 is 1.38 bits per heavy atom. The molecule has 0 saturated carbocycles. The average Bonchev–Trinajstić information content (AvgIpc) is 2.39. The van der Waals surface area contributed by atoms with Crippen molar-refractivity contribution < 1.29 is 9.90 Å². The molecule has 0 aliphatic rings. The molecule has 21 heavy (non-hydrogen) atoms. The topological polar surface area (TPSA) is 61.4 Å². The molecule has 0 saturated heterocycles. The van der Waals surface area contributed by atoms with Crippen molar-refractivity contribution in [1.82, 2.24) is 5.32 Å². The van der Waals surface area contributed by atoms with Crippen LogP contribution in [0.4, 0.5) is 10.5 Å². The van der Waals surface area contributed by atoms with E-state index in [-0.39, 0.29) is 18.7 Å². The van der Waals surface area contributed by atoms with Crippen molar-refractivity contribution in [2.24, 2.45) is 0 Å². The second-order valence-electron chi connectivity index (χ2n) is 5.17. The lowest BCUT2D eigenvalue weighted by Crippen LogP contribution is -2.36. The lowest BCUT2D eigenvalue weighted by Gasteiger charge is -2.16. The standard InChI is InChI=1S/C15H23ClN2O2S/c1-10(2)21-14-7-6-12(16)9-13(14)18-15(20)17-11(3)5-4-8-19/h6-7,9-11,19H,4-5,8H2,1-3H3,(H2,17,18,20). The highest BCUT2D eigenvalue weighted by Crippen LogP contribution is 2.32. The molecule has 0 spiro atoms. The highest BCUT2D eigenvalue weighted by atomic mass is 35.5. The van der Waals surface area contributed by atoms with E-state index in [1.165, 1.54) is 0 Å². The molecule has 3 N–H and O–H groups in total. The van der Waals surface area contributed by atoms with E-state index in [0.29, 0.717) is 22.4 Å². The first-order valence-electron chi connectivity index (χ1n) is 7.07. The van der Waals surface area contributed by atoms with Crippen LogP contribution in [-0.4, -0.2) is 29.0 Å². The van der Waals surface area contributed by atoms with Crippen LogP contribution in [0.1, 0.15) is 33.6 Å². The molecule has 118 valence electrons. The summed E-state index contributed by atoms with van der Waals surface area (Å²) in [5, 5.41) is 15.5. The van der Waals surface area contributed by atoms with Gasteiger partial charge in [0.15, 0.2) is 0 Å². The number of nitrogens with one attached hydrogen (secondary N) is 2. The molecule has 1 aromatic rings. The molecule has 6 heteroatoms. The number of thioether (sulfide) groups is 1. The van der Waals surface area contributed by atoms with E-state index in [0.717, 1.165) is 11.3 Å². The minimum atomic E-state index is -0.256. The predicted octanol–water partition coefficient (Wildman–Crippen LogP) is 4.12. The maximum atomic E-state index is 12.0. The molecule has 0 bridgehead atoms. The second-order valence-corrected chi connectivity index (χ2v) is 7.23. The summed E-state index contributed by atoms with van der Waals surface area (Å²) in [7, 11) is 0. The van der Waals surface area contributed by atoms with E-state index in [1.807, 2.05) is 19.1 Å². The van der Waals surface area contributed by atoms with Crippen LogP contribution < -0.4 is 10.6 Å². The van der Waals surface area contributed by atoms with E-state index in [4.69, 9.17) is 16.7 Å². The van der Waals surface area contributed by atoms with Gasteiger partial charge < -0.3 is 15.7 Å². The lowest BCUT2D eigenvalue weighted by molar-refractivity contribution is 0.245. The molecule has 2 amide bonds. The number of aliphatic hydroxyl groups excluding tert-OH is 1. The minimum absolute atomic E-state index is 0.0116. The molecule has 0 aliphatic heterocycles. The zero-order chi connectivity index (χ0) is 15.8. The fourth-order valence-electron chi connectivity index (χ4n) is 1.81. The number of amides is 2. The number of carbonyl (C=O) groups is 1. The maximum Gasteiger partial charge on any atom is 0.319 e. The molecule has 1 atom stereocenters. The van der Waals surface area contributed by atoms with Crippen LogP contribution in [-0.2, 0) is 0 Å². The summed E-state index contributed by atoms with van der Waals surface area (Å²) in [6, 6.07) is 5.24. The Labute approximate surface area is 135 Å². The molecule has 4 nitrogen and oxygen atoms in total. The monoisotopic (exact) mass is 330 g/mol. The van der Waals surface area contributed by atoms with E-state index in [9.17, 15) is 4.79 Å². The first-order valence-corrected chi connectivity index (χ1v) is 8.32. The van der Waals surface area contributed by atoms with E-state index >= 15 is 0 Å². The number of halogens is 1. The SMILES string of the molecule is CC(CCCO)NC(=O)Nc1cc(Cl)ccc1SC(C)C. The van der Waals surface area contributed by atoms with Gasteiger partial charge in [-0.15, -0.1) is 11.8 Å². The Morgan fingerprint density at radius 2 is 2.10 bits per heavy atom. The summed E-state index contributed by atoms with van der Waals surface area (Å²) < 4.78 is 0. The Hall–Kier alpha value is -0.910. The Balaban J connectivity index is 2.68. The summed E-state index contributed by atoms with van der Waals surface area (Å²) in [6.07, 6.45) is 1.42. The third-order valence-corrected chi connectivity index (χ3v) is 4.04. The highest BCUT2D eigenvalue weighted by Gasteiger charge is 2.11. The number of rotatable bonds is 7. The Bertz CT molecular complexity index is 469. The molecule has 0 aliphatic carbocycles. The number of hydrogen-bond donors (Lipinski definition) is 3. The number of benzene rings is 1. The van der Waals surface area contributed by atoms with Crippen LogP contribution in [0.25, 0.3) is 0 Å². The fraction of sp³-hybridized carbons (Fsp3) is 0.533. The van der Waals surface area contributed by atoms with Gasteiger partial charge in [-0.2, -0.15) is 0 Å². The largest absolute Gasteiger partial charge is 0.396 e. The molecular formula is C15H23ClN2O2S. The van der Waals surface area contributed by atoms with E-state index < -0.39 is 0 Å². The smallest absolute Gasteiger partial charge is 0.319 e. The summed E-state index contributed by atoms with van der Waals surface area (Å²) in [6.45, 7) is 6.24. The number of aliphatic hydroxyl groups is 1. The third-order valence-electron chi connectivity index (χ3n) is 2.73. The first kappa shape index (κ1) is 18.1. The Kier molecular flexibility index (Phi) is 7.93. The van der Waals surface area contributed by atoms with Gasteiger partial charge in [0.2, 0.25) is 0 Å². The van der Waals surface area contributed by atoms with Gasteiger partial charge in [-0.1, -0.05) is 25.4 Å². The van der Waals surface area contributed by atoms with Crippen LogP contribution in [0.3, 0.4) is 0 Å². The fourth-order valence-corrected chi connectivity index (χ4v) is 2.87. The lowest BCUT2D eigenvalue weighted by atomic mass is 10.2. The molecule has 1 rings (SSSR count). The van der Waals surface area contributed by atoms with Crippen LogP contribution in [0, 0.1) is 0 Å². The van der Waals surface area contributed by atoms with Crippen molar-refractivity contribution in [3.05, 3.63) is 23.2 Å². The van der Waals surface area contributed by atoms with Gasteiger partial charge in [0, 0.05) is 27.8 Å². The van der Waals surface area contributed by atoms with Crippen LogP contribution in [0.2, 0.25) is 5.02 Å². The van der Waals surface area contributed by atoms with Crippen molar-refractivity contribution in [2.75, 3.05) is 11.9 Å². The third kappa shape index (κ3) is 7.07. The molecular weight excluding hydrogens is 308 g/mol.